The number of β-amino-alcohol motifs (C(OH)–C–C–N with tert-alkyl or cyclic N) is 1. The highest BCUT2D eigenvalue weighted by Crippen LogP contribution is 2.36. The third-order valence-corrected chi connectivity index (χ3v) is 3.72. The van der Waals surface area contributed by atoms with E-state index in [0.29, 0.717) is 25.3 Å². The largest absolute Gasteiger partial charge is 0.508 e. The maximum atomic E-state index is 13.3. The predicted molar refractivity (Wildman–Crippen MR) is 81.9 cm³/mol. The predicted octanol–water partition coefficient (Wildman–Crippen LogP) is 2.33. The first-order valence-electron chi connectivity index (χ1n) is 7.25. The quantitative estimate of drug-likeness (QED) is 0.910. The van der Waals surface area contributed by atoms with E-state index in [2.05, 4.69) is 0 Å². The summed E-state index contributed by atoms with van der Waals surface area (Å²) in [5.74, 6) is 0.453. The van der Waals surface area contributed by atoms with Gasteiger partial charge in [-0.1, -0.05) is 12.1 Å². The Labute approximate surface area is 128 Å². The molecule has 1 heterocycles. The lowest BCUT2D eigenvalue weighted by Gasteiger charge is -2.36. The van der Waals surface area contributed by atoms with Crippen molar-refractivity contribution in [3.63, 3.8) is 0 Å². The van der Waals surface area contributed by atoms with Crippen molar-refractivity contribution in [2.24, 2.45) is 0 Å². The van der Waals surface area contributed by atoms with Crippen LogP contribution in [0.3, 0.4) is 0 Å². The summed E-state index contributed by atoms with van der Waals surface area (Å²) >= 11 is 0. The van der Waals surface area contributed by atoms with Crippen molar-refractivity contribution in [3.05, 3.63) is 53.8 Å². The molecule has 1 aliphatic rings. The molecular weight excluding hydrogens is 285 g/mol. The van der Waals surface area contributed by atoms with Gasteiger partial charge < -0.3 is 19.8 Å². The van der Waals surface area contributed by atoms with E-state index in [-0.39, 0.29) is 24.3 Å². The van der Waals surface area contributed by atoms with E-state index in [9.17, 15) is 14.6 Å². The van der Waals surface area contributed by atoms with E-state index >= 15 is 0 Å². The minimum atomic E-state index is -0.265. The smallest absolute Gasteiger partial charge is 0.146 e. The molecule has 1 aliphatic heterocycles. The molecule has 116 valence electrons. The lowest BCUT2D eigenvalue weighted by molar-refractivity contribution is 0.188. The van der Waals surface area contributed by atoms with Crippen LogP contribution in [0.4, 0.5) is 10.1 Å². The number of rotatable bonds is 4. The number of phenols is 1. The summed E-state index contributed by atoms with van der Waals surface area (Å²) in [5, 5.41) is 18.8. The van der Waals surface area contributed by atoms with Crippen LogP contribution in [0, 0.1) is 5.82 Å². The van der Waals surface area contributed by atoms with Gasteiger partial charge >= 0.3 is 0 Å². The molecule has 5 heteroatoms. The van der Waals surface area contributed by atoms with Gasteiger partial charge in [-0.15, -0.1) is 0 Å². The fraction of sp³-hybridized carbons (Fsp3) is 0.294. The summed E-state index contributed by atoms with van der Waals surface area (Å²) in [6, 6.07) is 11.4. The molecule has 3 rings (SSSR count). The van der Waals surface area contributed by atoms with E-state index in [1.54, 1.807) is 24.3 Å². The molecule has 0 bridgehead atoms. The molecule has 1 unspecified atom stereocenters. The molecule has 2 aromatic rings. The van der Waals surface area contributed by atoms with Crippen LogP contribution in [0.2, 0.25) is 0 Å². The molecule has 2 aromatic carbocycles. The number of nitrogens with zero attached hydrogens (tertiary/aromatic N) is 1. The molecule has 0 spiro atoms. The van der Waals surface area contributed by atoms with Crippen LogP contribution >= 0.6 is 0 Å². The second kappa shape index (κ2) is 6.23. The summed E-state index contributed by atoms with van der Waals surface area (Å²) in [6.45, 7) is 1.13. The zero-order valence-corrected chi connectivity index (χ0v) is 12.1. The zero-order valence-electron chi connectivity index (χ0n) is 12.1. The molecule has 0 amide bonds. The topological polar surface area (TPSA) is 52.9 Å². The van der Waals surface area contributed by atoms with E-state index in [1.165, 1.54) is 12.1 Å². The molecule has 2 N–H and O–H groups in total. The number of fused-ring (bicyclic) bond motifs is 1. The number of halogens is 1. The van der Waals surface area contributed by atoms with Gasteiger partial charge in [-0.05, 0) is 29.8 Å². The summed E-state index contributed by atoms with van der Waals surface area (Å²) < 4.78 is 19.2. The SMILES string of the molecule is OCCN1CC(Cc2cccc(F)c2)Oc2cc(O)ccc21. The van der Waals surface area contributed by atoms with Crippen molar-refractivity contribution in [2.75, 3.05) is 24.6 Å². The highest BCUT2D eigenvalue weighted by molar-refractivity contribution is 5.62. The minimum Gasteiger partial charge on any atom is -0.508 e. The number of hydrogen-bond acceptors (Lipinski definition) is 4. The summed E-state index contributed by atoms with van der Waals surface area (Å²) in [5.41, 5.74) is 1.71. The Balaban J connectivity index is 1.83. The lowest BCUT2D eigenvalue weighted by atomic mass is 10.1. The minimum absolute atomic E-state index is 0.0347. The average molecular weight is 303 g/mol. The number of aliphatic hydroxyl groups excluding tert-OH is 1. The van der Waals surface area contributed by atoms with E-state index < -0.39 is 0 Å². The third-order valence-electron chi connectivity index (χ3n) is 3.72. The van der Waals surface area contributed by atoms with Crippen LogP contribution in [-0.4, -0.2) is 36.0 Å². The maximum Gasteiger partial charge on any atom is 0.146 e. The average Bonchev–Trinajstić information content (AvgIpc) is 2.47. The number of benzene rings is 2. The molecular formula is C17H18FNO3. The van der Waals surface area contributed by atoms with Crippen molar-refractivity contribution in [1.82, 2.24) is 0 Å². The maximum absolute atomic E-state index is 13.3. The van der Waals surface area contributed by atoms with Gasteiger partial charge in [0.2, 0.25) is 0 Å². The van der Waals surface area contributed by atoms with E-state index in [0.717, 1.165) is 11.3 Å². The standard InChI is InChI=1S/C17H18FNO3/c18-13-3-1-2-12(8-13)9-15-11-19(6-7-20)16-5-4-14(21)10-17(16)22-15/h1-5,8,10,15,20-21H,6-7,9,11H2. The van der Waals surface area contributed by atoms with Crippen LogP contribution in [-0.2, 0) is 6.42 Å². The highest BCUT2D eigenvalue weighted by Gasteiger charge is 2.26. The first-order chi connectivity index (χ1) is 10.7. The third kappa shape index (κ3) is 3.14. The van der Waals surface area contributed by atoms with Gasteiger partial charge in [0.1, 0.15) is 23.4 Å². The first-order valence-corrected chi connectivity index (χ1v) is 7.25. The number of ether oxygens (including phenoxy) is 1. The molecule has 1 atom stereocenters. The monoisotopic (exact) mass is 303 g/mol. The van der Waals surface area contributed by atoms with Crippen molar-refractivity contribution in [2.45, 2.75) is 12.5 Å². The second-order valence-electron chi connectivity index (χ2n) is 5.40. The Hall–Kier alpha value is -2.27. The van der Waals surface area contributed by atoms with Crippen molar-refractivity contribution in [1.29, 1.82) is 0 Å². The number of hydrogen-bond donors (Lipinski definition) is 2. The Kier molecular flexibility index (Phi) is 4.15. The van der Waals surface area contributed by atoms with Crippen molar-refractivity contribution < 1.29 is 19.3 Å². The van der Waals surface area contributed by atoms with Crippen LogP contribution in [0.1, 0.15) is 5.56 Å². The van der Waals surface area contributed by atoms with E-state index in [4.69, 9.17) is 4.74 Å². The van der Waals surface area contributed by atoms with Crippen LogP contribution in [0.5, 0.6) is 11.5 Å². The molecule has 0 aromatic heterocycles. The Bertz CT molecular complexity index is 662. The zero-order chi connectivity index (χ0) is 15.5. The Morgan fingerprint density at radius 1 is 1.23 bits per heavy atom. The van der Waals surface area contributed by atoms with Gasteiger partial charge in [0.25, 0.3) is 0 Å². The molecule has 4 nitrogen and oxygen atoms in total. The van der Waals surface area contributed by atoms with Crippen LogP contribution in [0.15, 0.2) is 42.5 Å². The fourth-order valence-electron chi connectivity index (χ4n) is 2.78. The number of phenolic OH excluding ortho intramolecular Hbond substituents is 1. The molecule has 0 radical (unpaired) electrons. The van der Waals surface area contributed by atoms with Crippen LogP contribution in [0.25, 0.3) is 0 Å². The van der Waals surface area contributed by atoms with Gasteiger partial charge in [-0.2, -0.15) is 0 Å². The Morgan fingerprint density at radius 2 is 2.09 bits per heavy atom. The van der Waals surface area contributed by atoms with Gasteiger partial charge in [0.05, 0.1) is 18.8 Å². The van der Waals surface area contributed by atoms with Crippen molar-refractivity contribution in [3.8, 4) is 11.5 Å². The fourth-order valence-corrected chi connectivity index (χ4v) is 2.78. The number of anilines is 1. The second-order valence-corrected chi connectivity index (χ2v) is 5.40. The molecule has 0 aliphatic carbocycles. The van der Waals surface area contributed by atoms with Crippen molar-refractivity contribution >= 4 is 5.69 Å². The normalized spacial score (nSPS) is 17.0. The first kappa shape index (κ1) is 14.7. The highest BCUT2D eigenvalue weighted by atomic mass is 19.1. The number of aliphatic hydroxyl groups is 1. The molecule has 0 saturated heterocycles. The van der Waals surface area contributed by atoms with Crippen LogP contribution < -0.4 is 9.64 Å². The molecule has 0 saturated carbocycles. The van der Waals surface area contributed by atoms with E-state index in [1.807, 2.05) is 11.0 Å². The van der Waals surface area contributed by atoms with Gasteiger partial charge in [-0.25, -0.2) is 4.39 Å². The summed E-state index contributed by atoms with van der Waals surface area (Å²) in [7, 11) is 0. The Morgan fingerprint density at radius 3 is 2.86 bits per heavy atom. The summed E-state index contributed by atoms with van der Waals surface area (Å²) in [4.78, 5) is 2.02. The van der Waals surface area contributed by atoms with Gasteiger partial charge in [-0.3, -0.25) is 0 Å². The lowest BCUT2D eigenvalue weighted by Crippen LogP contribution is -2.42. The van der Waals surface area contributed by atoms with Gasteiger partial charge in [0, 0.05) is 19.0 Å². The molecule has 0 fully saturated rings. The summed E-state index contributed by atoms with van der Waals surface area (Å²) in [6.07, 6.45) is 0.400. The molecule has 22 heavy (non-hydrogen) atoms. The number of aromatic hydroxyl groups is 1. The van der Waals surface area contributed by atoms with Gasteiger partial charge in [0.15, 0.2) is 0 Å².